The van der Waals surface area contributed by atoms with Gasteiger partial charge in [0.1, 0.15) is 5.75 Å². The first-order chi connectivity index (χ1) is 8.16. The summed E-state index contributed by atoms with van der Waals surface area (Å²) in [5.74, 6) is 1.55. The van der Waals surface area contributed by atoms with Gasteiger partial charge < -0.3 is 14.9 Å². The van der Waals surface area contributed by atoms with Gasteiger partial charge in [0.05, 0.1) is 10.5 Å². The number of hydrogen-bond donors (Lipinski definition) is 1. The number of halogens is 1. The minimum Gasteiger partial charge on any atom is -0.483 e. The Hall–Kier alpha value is -1.40. The normalized spacial score (nSPS) is 12.4. The van der Waals surface area contributed by atoms with Crippen LogP contribution in [0.3, 0.4) is 0 Å². The van der Waals surface area contributed by atoms with E-state index in [4.69, 9.17) is 14.9 Å². The zero-order valence-electron chi connectivity index (χ0n) is 9.26. The molecule has 0 spiro atoms. The maximum Gasteiger partial charge on any atom is 0.253 e. The van der Waals surface area contributed by atoms with Gasteiger partial charge in [-0.15, -0.1) is 10.2 Å². The fraction of sp³-hybridized carbons (Fsp3) is 0.273. The lowest BCUT2D eigenvalue weighted by Crippen LogP contribution is -2.04. The molecule has 1 aromatic carbocycles. The third-order valence-corrected chi connectivity index (χ3v) is 2.71. The quantitative estimate of drug-likeness (QED) is 0.938. The van der Waals surface area contributed by atoms with Crippen molar-refractivity contribution in [1.82, 2.24) is 10.2 Å². The van der Waals surface area contributed by atoms with Gasteiger partial charge in [-0.05, 0) is 35.0 Å². The summed E-state index contributed by atoms with van der Waals surface area (Å²) in [6.07, 6.45) is 0. The Morgan fingerprint density at radius 1 is 1.41 bits per heavy atom. The molecule has 0 saturated carbocycles. The molecule has 5 nitrogen and oxygen atoms in total. The number of nitrogens with zero attached hydrogens (tertiary/aromatic N) is 2. The molecular formula is C11H12BrN3O2. The molecule has 1 heterocycles. The van der Waals surface area contributed by atoms with Crippen molar-refractivity contribution in [3.8, 4) is 5.75 Å². The minimum absolute atomic E-state index is 0.225. The molecule has 2 aromatic rings. The Balaban J connectivity index is 2.00. The van der Waals surface area contributed by atoms with Gasteiger partial charge in [-0.2, -0.15) is 0 Å². The smallest absolute Gasteiger partial charge is 0.253 e. The summed E-state index contributed by atoms with van der Waals surface area (Å²) in [4.78, 5) is 0. The maximum atomic E-state index is 5.61. The summed E-state index contributed by atoms with van der Waals surface area (Å²) in [6, 6.07) is 7.29. The van der Waals surface area contributed by atoms with E-state index in [-0.39, 0.29) is 12.6 Å². The Labute approximate surface area is 107 Å². The Morgan fingerprint density at radius 2 is 2.18 bits per heavy atom. The second kappa shape index (κ2) is 5.29. The number of hydrogen-bond acceptors (Lipinski definition) is 5. The Kier molecular flexibility index (Phi) is 3.75. The predicted octanol–water partition coefficient (Wildman–Crippen LogP) is 2.43. The monoisotopic (exact) mass is 297 g/mol. The van der Waals surface area contributed by atoms with Crippen LogP contribution in [-0.4, -0.2) is 10.2 Å². The van der Waals surface area contributed by atoms with Crippen LogP contribution >= 0.6 is 15.9 Å². The fourth-order valence-electron chi connectivity index (χ4n) is 1.21. The number of rotatable bonds is 4. The summed E-state index contributed by atoms with van der Waals surface area (Å²) in [5.41, 5.74) is 5.61. The van der Waals surface area contributed by atoms with Crippen LogP contribution in [0.15, 0.2) is 33.2 Å². The molecule has 6 heteroatoms. The zero-order valence-corrected chi connectivity index (χ0v) is 10.8. The highest BCUT2D eigenvalue weighted by molar-refractivity contribution is 9.10. The first kappa shape index (κ1) is 12.1. The second-order valence-corrected chi connectivity index (χ2v) is 4.40. The van der Waals surface area contributed by atoms with Crippen LogP contribution in [0.1, 0.15) is 24.7 Å². The molecule has 17 heavy (non-hydrogen) atoms. The Bertz CT molecular complexity index is 499. The van der Waals surface area contributed by atoms with E-state index in [0.29, 0.717) is 11.8 Å². The molecule has 0 aliphatic heterocycles. The summed E-state index contributed by atoms with van der Waals surface area (Å²) >= 11 is 3.39. The van der Waals surface area contributed by atoms with E-state index < -0.39 is 0 Å². The SMILES string of the molecule is CC(N)c1nnc(COc2ccccc2Br)o1. The van der Waals surface area contributed by atoms with Crippen molar-refractivity contribution < 1.29 is 9.15 Å². The molecule has 0 radical (unpaired) electrons. The lowest BCUT2D eigenvalue weighted by Gasteiger charge is -2.04. The summed E-state index contributed by atoms with van der Waals surface area (Å²) in [6.45, 7) is 2.01. The van der Waals surface area contributed by atoms with Crippen molar-refractivity contribution in [3.05, 3.63) is 40.5 Å². The molecule has 0 aliphatic carbocycles. The number of nitrogens with two attached hydrogens (primary N) is 1. The number of benzene rings is 1. The average molecular weight is 298 g/mol. The van der Waals surface area contributed by atoms with Crippen LogP contribution in [0, 0.1) is 0 Å². The van der Waals surface area contributed by atoms with Gasteiger partial charge in [-0.25, -0.2) is 0 Å². The van der Waals surface area contributed by atoms with Crippen molar-refractivity contribution >= 4 is 15.9 Å². The number of ether oxygens (including phenoxy) is 1. The van der Waals surface area contributed by atoms with Crippen molar-refractivity contribution in [1.29, 1.82) is 0 Å². The average Bonchev–Trinajstić information content (AvgIpc) is 2.77. The molecule has 1 aromatic heterocycles. The van der Waals surface area contributed by atoms with Crippen LogP contribution in [0.5, 0.6) is 5.75 Å². The molecule has 0 aliphatic rings. The third kappa shape index (κ3) is 3.04. The fourth-order valence-corrected chi connectivity index (χ4v) is 1.61. The van der Waals surface area contributed by atoms with E-state index in [0.717, 1.165) is 10.2 Å². The van der Waals surface area contributed by atoms with Gasteiger partial charge in [0.25, 0.3) is 5.89 Å². The van der Waals surface area contributed by atoms with E-state index in [9.17, 15) is 0 Å². The largest absolute Gasteiger partial charge is 0.483 e. The van der Waals surface area contributed by atoms with E-state index in [2.05, 4.69) is 26.1 Å². The van der Waals surface area contributed by atoms with E-state index >= 15 is 0 Å². The molecule has 2 N–H and O–H groups in total. The van der Waals surface area contributed by atoms with Gasteiger partial charge in [0.15, 0.2) is 6.61 Å². The van der Waals surface area contributed by atoms with Gasteiger partial charge in [-0.3, -0.25) is 0 Å². The van der Waals surface area contributed by atoms with Gasteiger partial charge in [0, 0.05) is 0 Å². The van der Waals surface area contributed by atoms with Crippen molar-refractivity contribution in [3.63, 3.8) is 0 Å². The first-order valence-electron chi connectivity index (χ1n) is 5.12. The lowest BCUT2D eigenvalue weighted by atomic mass is 10.3. The van der Waals surface area contributed by atoms with Gasteiger partial charge >= 0.3 is 0 Å². The van der Waals surface area contributed by atoms with Gasteiger partial charge in [-0.1, -0.05) is 12.1 Å². The van der Waals surface area contributed by atoms with E-state index in [1.165, 1.54) is 0 Å². The standard InChI is InChI=1S/C11H12BrN3O2/c1-7(13)11-15-14-10(17-11)6-16-9-5-3-2-4-8(9)12/h2-5,7H,6,13H2,1H3. The highest BCUT2D eigenvalue weighted by Gasteiger charge is 2.10. The molecule has 0 amide bonds. The molecule has 0 fully saturated rings. The second-order valence-electron chi connectivity index (χ2n) is 3.54. The van der Waals surface area contributed by atoms with Crippen molar-refractivity contribution in [2.24, 2.45) is 5.73 Å². The van der Waals surface area contributed by atoms with Crippen molar-refractivity contribution in [2.75, 3.05) is 0 Å². The molecule has 1 atom stereocenters. The molecule has 90 valence electrons. The topological polar surface area (TPSA) is 74.2 Å². The molecule has 0 saturated heterocycles. The summed E-state index contributed by atoms with van der Waals surface area (Å²) in [7, 11) is 0. The van der Waals surface area contributed by atoms with E-state index in [1.807, 2.05) is 24.3 Å². The number of para-hydroxylation sites is 1. The summed E-state index contributed by atoms with van der Waals surface area (Å²) in [5, 5.41) is 7.66. The van der Waals surface area contributed by atoms with Crippen LogP contribution in [0.2, 0.25) is 0 Å². The number of aromatic nitrogens is 2. The maximum absolute atomic E-state index is 5.61. The van der Waals surface area contributed by atoms with Crippen LogP contribution in [0.4, 0.5) is 0 Å². The van der Waals surface area contributed by atoms with E-state index in [1.54, 1.807) is 6.92 Å². The molecule has 0 bridgehead atoms. The summed E-state index contributed by atoms with van der Waals surface area (Å²) < 4.78 is 11.7. The van der Waals surface area contributed by atoms with Crippen molar-refractivity contribution in [2.45, 2.75) is 19.6 Å². The van der Waals surface area contributed by atoms with Crippen LogP contribution in [-0.2, 0) is 6.61 Å². The van der Waals surface area contributed by atoms with Crippen LogP contribution < -0.4 is 10.5 Å². The van der Waals surface area contributed by atoms with Gasteiger partial charge in [0.2, 0.25) is 5.89 Å². The minimum atomic E-state index is -0.264. The highest BCUT2D eigenvalue weighted by Crippen LogP contribution is 2.24. The zero-order chi connectivity index (χ0) is 12.3. The molecule has 2 rings (SSSR count). The highest BCUT2D eigenvalue weighted by atomic mass is 79.9. The Morgan fingerprint density at radius 3 is 2.82 bits per heavy atom. The molecule has 1 unspecified atom stereocenters. The third-order valence-electron chi connectivity index (χ3n) is 2.06. The lowest BCUT2D eigenvalue weighted by molar-refractivity contribution is 0.255. The molecular weight excluding hydrogens is 286 g/mol. The predicted molar refractivity (Wildman–Crippen MR) is 65.4 cm³/mol. The van der Waals surface area contributed by atoms with Crippen LogP contribution in [0.25, 0.3) is 0 Å². The first-order valence-corrected chi connectivity index (χ1v) is 5.91.